The zero-order chi connectivity index (χ0) is 16.8. The zero-order valence-electron chi connectivity index (χ0n) is 13.8. The first-order chi connectivity index (χ1) is 11.1. The molecule has 1 aliphatic carbocycles. The Morgan fingerprint density at radius 2 is 1.70 bits per heavy atom. The molecule has 0 radical (unpaired) electrons. The molecule has 1 aromatic rings. The van der Waals surface area contributed by atoms with Crippen LogP contribution in [-0.4, -0.2) is 31.1 Å². The number of benzene rings is 1. The summed E-state index contributed by atoms with van der Waals surface area (Å²) < 4.78 is 10.8. The van der Waals surface area contributed by atoms with Gasteiger partial charge in [-0.05, 0) is 30.4 Å². The van der Waals surface area contributed by atoms with Crippen LogP contribution in [0.25, 0.3) is 0 Å². The fourth-order valence-corrected chi connectivity index (χ4v) is 3.23. The molecule has 5 nitrogen and oxygen atoms in total. The second kappa shape index (κ2) is 7.99. The quantitative estimate of drug-likeness (QED) is 0.774. The van der Waals surface area contributed by atoms with Gasteiger partial charge in [-0.3, -0.25) is 9.59 Å². The molecule has 0 atom stereocenters. The molecule has 23 heavy (non-hydrogen) atoms. The van der Waals surface area contributed by atoms with Gasteiger partial charge >= 0.3 is 5.97 Å². The van der Waals surface area contributed by atoms with Gasteiger partial charge < -0.3 is 14.6 Å². The van der Waals surface area contributed by atoms with Crippen molar-refractivity contribution in [1.82, 2.24) is 0 Å². The Morgan fingerprint density at radius 1 is 1.04 bits per heavy atom. The molecule has 1 aliphatic rings. The molecule has 0 aliphatic heterocycles. The van der Waals surface area contributed by atoms with Crippen molar-refractivity contribution in [2.24, 2.45) is 0 Å². The van der Waals surface area contributed by atoms with Crippen molar-refractivity contribution in [3.8, 4) is 11.5 Å². The molecule has 0 spiro atoms. The number of carboxylic acids is 1. The average Bonchev–Trinajstić information content (AvgIpc) is 2.59. The Morgan fingerprint density at radius 3 is 2.26 bits per heavy atom. The van der Waals surface area contributed by atoms with Gasteiger partial charge in [0.2, 0.25) is 0 Å². The standard InChI is InChI=1S/C18H24O5/c1-22-16-11-17(23-2)14(15(19)8-9-18(20)21)10-13(16)12-6-4-3-5-7-12/h10-12H,3-9H2,1-2H3,(H,20,21). The van der Waals surface area contributed by atoms with Gasteiger partial charge in [-0.25, -0.2) is 0 Å². The maximum Gasteiger partial charge on any atom is 0.303 e. The minimum atomic E-state index is -0.974. The maximum atomic E-state index is 12.4. The van der Waals surface area contributed by atoms with E-state index in [9.17, 15) is 9.59 Å². The molecule has 1 fully saturated rings. The van der Waals surface area contributed by atoms with Gasteiger partial charge in [0.25, 0.3) is 0 Å². The van der Waals surface area contributed by atoms with E-state index < -0.39 is 5.97 Å². The first-order valence-electron chi connectivity index (χ1n) is 8.07. The minimum Gasteiger partial charge on any atom is -0.496 e. The molecule has 2 rings (SSSR count). The number of carboxylic acid groups (broad SMARTS) is 1. The summed E-state index contributed by atoms with van der Waals surface area (Å²) >= 11 is 0. The van der Waals surface area contributed by atoms with Gasteiger partial charge in [0, 0.05) is 12.5 Å². The lowest BCUT2D eigenvalue weighted by atomic mass is 9.82. The van der Waals surface area contributed by atoms with Crippen molar-refractivity contribution < 1.29 is 24.2 Å². The number of hydrogen-bond donors (Lipinski definition) is 1. The Bertz CT molecular complexity index is 573. The highest BCUT2D eigenvalue weighted by molar-refractivity contribution is 6.00. The second-order valence-corrected chi connectivity index (χ2v) is 5.95. The molecule has 0 bridgehead atoms. The van der Waals surface area contributed by atoms with E-state index >= 15 is 0 Å². The monoisotopic (exact) mass is 320 g/mol. The van der Waals surface area contributed by atoms with Crippen molar-refractivity contribution in [2.75, 3.05) is 14.2 Å². The summed E-state index contributed by atoms with van der Waals surface area (Å²) in [5.41, 5.74) is 1.49. The topological polar surface area (TPSA) is 72.8 Å². The lowest BCUT2D eigenvalue weighted by Crippen LogP contribution is -2.10. The van der Waals surface area contributed by atoms with E-state index in [1.165, 1.54) is 26.4 Å². The molecule has 1 saturated carbocycles. The van der Waals surface area contributed by atoms with E-state index in [0.29, 0.717) is 17.2 Å². The molecule has 0 saturated heterocycles. The van der Waals surface area contributed by atoms with Crippen LogP contribution in [0.1, 0.15) is 66.8 Å². The predicted molar refractivity (Wildman–Crippen MR) is 86.6 cm³/mol. The fraction of sp³-hybridized carbons (Fsp3) is 0.556. The normalized spacial score (nSPS) is 15.2. The Hall–Kier alpha value is -2.04. The van der Waals surface area contributed by atoms with Gasteiger partial charge in [0.15, 0.2) is 5.78 Å². The highest BCUT2D eigenvalue weighted by atomic mass is 16.5. The van der Waals surface area contributed by atoms with Crippen LogP contribution in [0, 0.1) is 0 Å². The van der Waals surface area contributed by atoms with Gasteiger partial charge in [-0.2, -0.15) is 0 Å². The van der Waals surface area contributed by atoms with Crippen LogP contribution in [0.2, 0.25) is 0 Å². The maximum absolute atomic E-state index is 12.4. The number of Topliss-reactive ketones (excluding diaryl/α,β-unsaturated/α-hetero) is 1. The molecule has 1 aromatic carbocycles. The lowest BCUT2D eigenvalue weighted by Gasteiger charge is -2.25. The van der Waals surface area contributed by atoms with Crippen LogP contribution in [-0.2, 0) is 4.79 Å². The number of hydrogen-bond acceptors (Lipinski definition) is 4. The van der Waals surface area contributed by atoms with Gasteiger partial charge in [-0.15, -0.1) is 0 Å². The van der Waals surface area contributed by atoms with Crippen LogP contribution in [0.15, 0.2) is 12.1 Å². The predicted octanol–water partition coefficient (Wildman–Crippen LogP) is 3.80. The van der Waals surface area contributed by atoms with Gasteiger partial charge in [-0.1, -0.05) is 19.3 Å². The van der Waals surface area contributed by atoms with Crippen molar-refractivity contribution in [3.05, 3.63) is 23.3 Å². The van der Waals surface area contributed by atoms with E-state index in [2.05, 4.69) is 0 Å². The van der Waals surface area contributed by atoms with Crippen molar-refractivity contribution >= 4 is 11.8 Å². The molecular weight excluding hydrogens is 296 g/mol. The lowest BCUT2D eigenvalue weighted by molar-refractivity contribution is -0.136. The molecule has 0 amide bonds. The third-order valence-corrected chi connectivity index (χ3v) is 4.46. The largest absolute Gasteiger partial charge is 0.496 e. The molecule has 0 aromatic heterocycles. The molecule has 0 heterocycles. The second-order valence-electron chi connectivity index (χ2n) is 5.95. The number of ketones is 1. The Kier molecular flexibility index (Phi) is 6.02. The van der Waals surface area contributed by atoms with E-state index in [1.807, 2.05) is 6.07 Å². The molecule has 1 N–H and O–H groups in total. The van der Waals surface area contributed by atoms with Crippen molar-refractivity contribution in [1.29, 1.82) is 0 Å². The van der Waals surface area contributed by atoms with E-state index in [1.54, 1.807) is 13.2 Å². The number of carbonyl (C=O) groups is 2. The Balaban J connectivity index is 2.35. The first-order valence-corrected chi connectivity index (χ1v) is 8.07. The number of methoxy groups -OCH3 is 2. The number of rotatable bonds is 7. The highest BCUT2D eigenvalue weighted by Crippen LogP contribution is 2.40. The molecule has 126 valence electrons. The van der Waals surface area contributed by atoms with E-state index in [-0.39, 0.29) is 18.6 Å². The zero-order valence-corrected chi connectivity index (χ0v) is 13.8. The third kappa shape index (κ3) is 4.24. The van der Waals surface area contributed by atoms with Gasteiger partial charge in [0.05, 0.1) is 26.2 Å². The number of aliphatic carboxylic acids is 1. The summed E-state index contributed by atoms with van der Waals surface area (Å²) in [7, 11) is 3.12. The number of carbonyl (C=O) groups excluding carboxylic acids is 1. The SMILES string of the molecule is COc1cc(OC)c(C2CCCCC2)cc1C(=O)CCC(=O)O. The molecule has 0 unspecified atom stereocenters. The Labute approximate surface area is 136 Å². The number of ether oxygens (including phenoxy) is 2. The smallest absolute Gasteiger partial charge is 0.303 e. The minimum absolute atomic E-state index is 0.0257. The van der Waals surface area contributed by atoms with E-state index in [0.717, 1.165) is 24.2 Å². The van der Waals surface area contributed by atoms with Gasteiger partial charge in [0.1, 0.15) is 11.5 Å². The van der Waals surface area contributed by atoms with Crippen molar-refractivity contribution in [3.63, 3.8) is 0 Å². The summed E-state index contributed by atoms with van der Waals surface area (Å²) in [5.74, 6) is 0.387. The van der Waals surface area contributed by atoms with Crippen LogP contribution in [0.4, 0.5) is 0 Å². The van der Waals surface area contributed by atoms with Crippen LogP contribution in [0.5, 0.6) is 11.5 Å². The van der Waals surface area contributed by atoms with E-state index in [4.69, 9.17) is 14.6 Å². The fourth-order valence-electron chi connectivity index (χ4n) is 3.23. The summed E-state index contributed by atoms with van der Waals surface area (Å²) in [4.78, 5) is 23.1. The third-order valence-electron chi connectivity index (χ3n) is 4.46. The average molecular weight is 320 g/mol. The van der Waals surface area contributed by atoms with Crippen LogP contribution in [0.3, 0.4) is 0 Å². The highest BCUT2D eigenvalue weighted by Gasteiger charge is 2.23. The summed E-state index contributed by atoms with van der Waals surface area (Å²) in [5, 5.41) is 8.77. The molecule has 5 heteroatoms. The molecular formula is C18H24O5. The summed E-state index contributed by atoms with van der Waals surface area (Å²) in [6, 6.07) is 3.59. The summed E-state index contributed by atoms with van der Waals surface area (Å²) in [6.45, 7) is 0. The van der Waals surface area contributed by atoms with Crippen LogP contribution >= 0.6 is 0 Å². The summed E-state index contributed by atoms with van der Waals surface area (Å²) in [6.07, 6.45) is 5.59. The first kappa shape index (κ1) is 17.3. The van der Waals surface area contributed by atoms with Crippen LogP contribution < -0.4 is 9.47 Å². The van der Waals surface area contributed by atoms with Crippen molar-refractivity contribution in [2.45, 2.75) is 50.9 Å².